The largest absolute Gasteiger partial charge is 0.468 e. The van der Waals surface area contributed by atoms with Crippen LogP contribution in [0.2, 0.25) is 10.0 Å². The lowest BCUT2D eigenvalue weighted by Gasteiger charge is -2.25. The molecular weight excluding hydrogens is 447 g/mol. The van der Waals surface area contributed by atoms with Crippen molar-refractivity contribution in [2.45, 2.75) is 6.04 Å². The van der Waals surface area contributed by atoms with Crippen LogP contribution < -0.4 is 0 Å². The fourth-order valence-electron chi connectivity index (χ4n) is 4.40. The van der Waals surface area contributed by atoms with Crippen molar-refractivity contribution >= 4 is 46.0 Å². The maximum Gasteiger partial charge on any atom is 0.325 e. The van der Waals surface area contributed by atoms with Gasteiger partial charge in [0.25, 0.3) is 5.91 Å². The number of halogens is 2. The molecule has 0 aliphatic carbocycles. The summed E-state index contributed by atoms with van der Waals surface area (Å²) in [6.07, 6.45) is 0. The van der Waals surface area contributed by atoms with Crippen LogP contribution in [0.15, 0.2) is 66.7 Å². The molecule has 0 saturated carbocycles. The van der Waals surface area contributed by atoms with Gasteiger partial charge in [0.2, 0.25) is 0 Å². The summed E-state index contributed by atoms with van der Waals surface area (Å²) in [7, 11) is 1.32. The van der Waals surface area contributed by atoms with E-state index >= 15 is 0 Å². The zero-order valence-electron chi connectivity index (χ0n) is 17.1. The summed E-state index contributed by atoms with van der Waals surface area (Å²) in [5, 5.41) is 1.96. The van der Waals surface area contributed by atoms with Crippen molar-refractivity contribution in [3.63, 3.8) is 0 Å². The van der Waals surface area contributed by atoms with E-state index in [0.29, 0.717) is 15.6 Å². The van der Waals surface area contributed by atoms with Gasteiger partial charge in [-0.25, -0.2) is 0 Å². The second-order valence-electron chi connectivity index (χ2n) is 7.58. The van der Waals surface area contributed by atoms with Crippen molar-refractivity contribution in [1.82, 2.24) is 9.88 Å². The minimum atomic E-state index is -0.490. The molecule has 2 heterocycles. The van der Waals surface area contributed by atoms with E-state index in [1.807, 2.05) is 48.5 Å². The smallest absolute Gasteiger partial charge is 0.325 e. The highest BCUT2D eigenvalue weighted by Gasteiger charge is 2.41. The molecule has 1 amide bonds. The second kappa shape index (κ2) is 8.01. The molecule has 0 spiro atoms. The predicted octanol–water partition coefficient (Wildman–Crippen LogP) is 5.86. The number of aromatic nitrogens is 1. The van der Waals surface area contributed by atoms with Crippen molar-refractivity contribution in [3.8, 4) is 11.3 Å². The molecule has 1 N–H and O–H groups in total. The Balaban J connectivity index is 1.80. The Bertz CT molecular complexity index is 1380. The highest BCUT2D eigenvalue weighted by Crippen LogP contribution is 2.46. The summed E-state index contributed by atoms with van der Waals surface area (Å²) in [5.74, 6) is -0.698. The van der Waals surface area contributed by atoms with Crippen molar-refractivity contribution in [1.29, 1.82) is 0 Å². The first-order chi connectivity index (χ1) is 15.5. The SMILES string of the molecule is COC(=O)CN1C(=O)c2ccccc2C1c1c(-c2ccc(Cl)cc2Cl)[nH]c2ccccc12. The average molecular weight is 465 g/mol. The minimum Gasteiger partial charge on any atom is -0.468 e. The molecule has 4 aromatic rings. The Morgan fingerprint density at radius 3 is 2.56 bits per heavy atom. The number of H-pyrrole nitrogens is 1. The van der Waals surface area contributed by atoms with Crippen LogP contribution in [0.1, 0.15) is 27.5 Å². The lowest BCUT2D eigenvalue weighted by Crippen LogP contribution is -2.34. The number of carbonyl (C=O) groups is 2. The lowest BCUT2D eigenvalue weighted by molar-refractivity contribution is -0.141. The van der Waals surface area contributed by atoms with E-state index in [-0.39, 0.29) is 12.5 Å². The molecule has 0 saturated heterocycles. The van der Waals surface area contributed by atoms with Crippen molar-refractivity contribution in [3.05, 3.63) is 93.5 Å². The fraction of sp³-hybridized carbons (Fsp3) is 0.120. The van der Waals surface area contributed by atoms with Crippen LogP contribution in [-0.2, 0) is 9.53 Å². The van der Waals surface area contributed by atoms with Crippen LogP contribution >= 0.6 is 23.2 Å². The molecule has 1 aromatic heterocycles. The van der Waals surface area contributed by atoms with E-state index < -0.39 is 12.0 Å². The number of hydrogen-bond donors (Lipinski definition) is 1. The number of nitrogens with one attached hydrogen (secondary N) is 1. The Kier molecular flexibility index (Phi) is 5.16. The molecule has 0 bridgehead atoms. The molecular formula is C25H18Cl2N2O3. The molecule has 7 heteroatoms. The number of para-hydroxylation sites is 1. The van der Waals surface area contributed by atoms with Gasteiger partial charge in [-0.3, -0.25) is 9.59 Å². The second-order valence-corrected chi connectivity index (χ2v) is 8.43. The van der Waals surface area contributed by atoms with E-state index in [2.05, 4.69) is 4.98 Å². The topological polar surface area (TPSA) is 62.4 Å². The number of benzene rings is 3. The van der Waals surface area contributed by atoms with E-state index in [0.717, 1.165) is 33.3 Å². The number of amides is 1. The van der Waals surface area contributed by atoms with Crippen molar-refractivity contribution in [2.75, 3.05) is 13.7 Å². The zero-order chi connectivity index (χ0) is 22.4. The highest BCUT2D eigenvalue weighted by molar-refractivity contribution is 6.36. The van der Waals surface area contributed by atoms with Crippen molar-refractivity contribution < 1.29 is 14.3 Å². The third-order valence-electron chi connectivity index (χ3n) is 5.81. The molecule has 1 aliphatic rings. The Labute approximate surface area is 194 Å². The van der Waals surface area contributed by atoms with Gasteiger partial charge in [-0.15, -0.1) is 0 Å². The molecule has 0 radical (unpaired) electrons. The highest BCUT2D eigenvalue weighted by atomic mass is 35.5. The zero-order valence-corrected chi connectivity index (χ0v) is 18.6. The number of aromatic amines is 1. The summed E-state index contributed by atoms with van der Waals surface area (Å²) >= 11 is 12.7. The lowest BCUT2D eigenvalue weighted by atomic mass is 9.93. The fourth-order valence-corrected chi connectivity index (χ4v) is 4.90. The van der Waals surface area contributed by atoms with Crippen LogP contribution in [0.4, 0.5) is 0 Å². The van der Waals surface area contributed by atoms with Crippen LogP contribution in [0.3, 0.4) is 0 Å². The molecule has 32 heavy (non-hydrogen) atoms. The first kappa shape index (κ1) is 20.6. The van der Waals surface area contributed by atoms with Gasteiger partial charge in [-0.2, -0.15) is 0 Å². The van der Waals surface area contributed by atoms with Crippen LogP contribution in [0, 0.1) is 0 Å². The standard InChI is InChI=1S/C25H18Cl2N2O3/c1-32-21(30)13-29-24(15-6-2-3-7-16(15)25(29)31)22-18-8-4-5-9-20(18)28-23(22)17-11-10-14(26)12-19(17)27/h2-12,24,28H,13H2,1H3. The van der Waals surface area contributed by atoms with E-state index in [4.69, 9.17) is 27.9 Å². The molecule has 5 nitrogen and oxygen atoms in total. The number of ether oxygens (including phenoxy) is 1. The Hall–Kier alpha value is -3.28. The third-order valence-corrected chi connectivity index (χ3v) is 6.35. The maximum atomic E-state index is 13.3. The first-order valence-corrected chi connectivity index (χ1v) is 10.8. The van der Waals surface area contributed by atoms with E-state index in [1.54, 1.807) is 23.1 Å². The van der Waals surface area contributed by atoms with Gasteiger partial charge in [0.05, 0.1) is 23.9 Å². The molecule has 1 aliphatic heterocycles. The molecule has 1 unspecified atom stereocenters. The molecule has 160 valence electrons. The van der Waals surface area contributed by atoms with Crippen molar-refractivity contribution in [2.24, 2.45) is 0 Å². The number of esters is 1. The normalized spacial score (nSPS) is 15.3. The monoisotopic (exact) mass is 464 g/mol. The van der Waals surface area contributed by atoms with Gasteiger partial charge in [-0.05, 0) is 35.9 Å². The number of methoxy groups -OCH3 is 1. The summed E-state index contributed by atoms with van der Waals surface area (Å²) < 4.78 is 4.88. The average Bonchev–Trinajstić information content (AvgIpc) is 3.29. The quantitative estimate of drug-likeness (QED) is 0.384. The van der Waals surface area contributed by atoms with Gasteiger partial charge in [-0.1, -0.05) is 59.6 Å². The van der Waals surface area contributed by atoms with E-state index in [9.17, 15) is 9.59 Å². The predicted molar refractivity (Wildman–Crippen MR) is 125 cm³/mol. The maximum absolute atomic E-state index is 13.3. The molecule has 0 fully saturated rings. The van der Waals surface area contributed by atoms with Crippen LogP contribution in [0.25, 0.3) is 22.2 Å². The number of hydrogen-bond acceptors (Lipinski definition) is 3. The number of nitrogens with zero attached hydrogens (tertiary/aromatic N) is 1. The molecule has 5 rings (SSSR count). The summed E-state index contributed by atoms with van der Waals surface area (Å²) in [4.78, 5) is 30.6. The van der Waals surface area contributed by atoms with Crippen LogP contribution in [-0.4, -0.2) is 35.4 Å². The van der Waals surface area contributed by atoms with E-state index in [1.165, 1.54) is 7.11 Å². The van der Waals surface area contributed by atoms with Gasteiger partial charge < -0.3 is 14.6 Å². The summed E-state index contributed by atoms with van der Waals surface area (Å²) in [5.41, 5.74) is 4.71. The Morgan fingerprint density at radius 1 is 1.03 bits per heavy atom. The summed E-state index contributed by atoms with van der Waals surface area (Å²) in [6, 6.07) is 20.1. The van der Waals surface area contributed by atoms with Crippen LogP contribution in [0.5, 0.6) is 0 Å². The summed E-state index contributed by atoms with van der Waals surface area (Å²) in [6.45, 7) is -0.165. The number of fused-ring (bicyclic) bond motifs is 2. The van der Waals surface area contributed by atoms with Gasteiger partial charge in [0.1, 0.15) is 6.54 Å². The van der Waals surface area contributed by atoms with Gasteiger partial charge in [0.15, 0.2) is 0 Å². The third kappa shape index (κ3) is 3.25. The number of carbonyl (C=O) groups excluding carboxylic acids is 2. The van der Waals surface area contributed by atoms with Gasteiger partial charge >= 0.3 is 5.97 Å². The Morgan fingerprint density at radius 2 is 1.78 bits per heavy atom. The number of rotatable bonds is 4. The van der Waals surface area contributed by atoms with Gasteiger partial charge in [0, 0.05) is 32.6 Å². The molecule has 1 atom stereocenters. The first-order valence-electron chi connectivity index (χ1n) is 10.0. The molecule has 3 aromatic carbocycles. The minimum absolute atomic E-state index is 0.165.